The molecule has 2 bridgehead atoms. The lowest BCUT2D eigenvalue weighted by atomic mass is 9.80. The second-order valence-corrected chi connectivity index (χ2v) is 19.1. The van der Waals surface area contributed by atoms with E-state index in [1.807, 2.05) is 18.2 Å². The van der Waals surface area contributed by atoms with Gasteiger partial charge in [0.25, 0.3) is 5.91 Å². The third kappa shape index (κ3) is 6.48. The molecule has 3 aliphatic heterocycles. The number of nitrogens with zero attached hydrogens (tertiary/aromatic N) is 3. The number of carbonyl (C=O) groups is 2. The molecule has 1 amide bonds. The molecule has 296 valence electrons. The zero-order valence-electron chi connectivity index (χ0n) is 32.6. The number of likely N-dealkylation sites (tertiary alicyclic amines) is 1. The van der Waals surface area contributed by atoms with Gasteiger partial charge < -0.3 is 19.3 Å². The van der Waals surface area contributed by atoms with E-state index in [1.54, 1.807) is 43.5 Å². The highest BCUT2D eigenvalue weighted by Gasteiger charge is 2.61. The predicted molar refractivity (Wildman–Crippen MR) is 218 cm³/mol. The van der Waals surface area contributed by atoms with Crippen molar-refractivity contribution in [3.8, 4) is 17.0 Å². The minimum absolute atomic E-state index is 0.179. The fourth-order valence-electron chi connectivity index (χ4n) is 10.8. The second kappa shape index (κ2) is 14.7. The molecule has 10 nitrogen and oxygen atoms in total. The van der Waals surface area contributed by atoms with Gasteiger partial charge in [0.05, 0.1) is 12.8 Å². The van der Waals surface area contributed by atoms with E-state index in [-0.39, 0.29) is 24.3 Å². The van der Waals surface area contributed by atoms with Crippen molar-refractivity contribution in [1.29, 1.82) is 0 Å². The van der Waals surface area contributed by atoms with Crippen molar-refractivity contribution in [3.05, 3.63) is 89.0 Å². The van der Waals surface area contributed by atoms with E-state index in [4.69, 9.17) is 4.74 Å². The first kappa shape index (κ1) is 37.5. The number of benzene rings is 3. The first-order valence-corrected chi connectivity index (χ1v) is 22.2. The van der Waals surface area contributed by atoms with Crippen LogP contribution in [0.15, 0.2) is 66.7 Å². The summed E-state index contributed by atoms with van der Waals surface area (Å²) in [5, 5.41) is 12.8. The van der Waals surface area contributed by atoms with E-state index in [0.29, 0.717) is 36.5 Å². The second-order valence-electron chi connectivity index (χ2n) is 17.2. The summed E-state index contributed by atoms with van der Waals surface area (Å²) >= 11 is 0. The first-order valence-electron chi connectivity index (χ1n) is 20.7. The van der Waals surface area contributed by atoms with Gasteiger partial charge in [-0.1, -0.05) is 55.7 Å². The Morgan fingerprint density at radius 1 is 0.911 bits per heavy atom. The quantitative estimate of drug-likeness (QED) is 0.154. The molecule has 4 aromatic rings. The SMILES string of the molecule is COc1ccc2c(c1)C(CC[C@@H](O)N1C3CCC1CN(C)C3)CCn1c-2c(C2CCCCC2)c2ccc(C(=O)NS(=O)(=O)C3(C(=O)c4ccccc4)CC3)cc21. The van der Waals surface area contributed by atoms with Crippen LogP contribution in [0, 0.1) is 0 Å². The average Bonchev–Trinajstić information content (AvgIpc) is 3.94. The Morgan fingerprint density at radius 2 is 1.64 bits per heavy atom. The number of methoxy groups -OCH3 is 1. The summed E-state index contributed by atoms with van der Waals surface area (Å²) in [7, 11) is -0.417. The molecule has 2 saturated heterocycles. The van der Waals surface area contributed by atoms with Gasteiger partial charge in [-0.2, -0.15) is 0 Å². The molecule has 3 unspecified atom stereocenters. The van der Waals surface area contributed by atoms with Gasteiger partial charge >= 0.3 is 0 Å². The third-order valence-electron chi connectivity index (χ3n) is 13.8. The van der Waals surface area contributed by atoms with E-state index >= 15 is 0 Å². The maximum absolute atomic E-state index is 13.9. The van der Waals surface area contributed by atoms with Crippen molar-refractivity contribution in [2.75, 3.05) is 27.2 Å². The highest BCUT2D eigenvalue weighted by atomic mass is 32.2. The lowest BCUT2D eigenvalue weighted by molar-refractivity contribution is -0.0667. The van der Waals surface area contributed by atoms with Crippen molar-refractivity contribution in [3.63, 3.8) is 0 Å². The van der Waals surface area contributed by atoms with Crippen LogP contribution in [0.1, 0.15) is 121 Å². The number of piperazine rings is 1. The largest absolute Gasteiger partial charge is 0.497 e. The summed E-state index contributed by atoms with van der Waals surface area (Å²) in [5.41, 5.74) is 6.39. The molecule has 3 aromatic carbocycles. The molecule has 4 atom stereocenters. The molecule has 4 fully saturated rings. The minimum Gasteiger partial charge on any atom is -0.497 e. The maximum atomic E-state index is 13.9. The van der Waals surface area contributed by atoms with E-state index in [1.165, 1.54) is 41.6 Å². The van der Waals surface area contributed by atoms with Gasteiger partial charge in [0, 0.05) is 59.3 Å². The van der Waals surface area contributed by atoms with Crippen molar-refractivity contribution in [2.45, 2.75) is 118 Å². The molecule has 2 saturated carbocycles. The van der Waals surface area contributed by atoms with Gasteiger partial charge in [0.15, 0.2) is 10.5 Å². The van der Waals surface area contributed by atoms with E-state index in [2.05, 4.69) is 38.3 Å². The van der Waals surface area contributed by atoms with Crippen LogP contribution < -0.4 is 9.46 Å². The van der Waals surface area contributed by atoms with Crippen LogP contribution in [0.4, 0.5) is 0 Å². The fourth-order valence-corrected chi connectivity index (χ4v) is 12.4. The van der Waals surface area contributed by atoms with Gasteiger partial charge in [-0.15, -0.1) is 0 Å². The molecule has 2 N–H and O–H groups in total. The minimum atomic E-state index is -4.31. The van der Waals surface area contributed by atoms with E-state index < -0.39 is 32.7 Å². The number of carbonyl (C=O) groups excluding carboxylic acids is 2. The molecule has 5 aliphatic rings. The number of sulfonamides is 1. The number of aryl methyl sites for hydroxylation is 1. The number of aliphatic hydroxyl groups is 1. The van der Waals surface area contributed by atoms with Crippen LogP contribution >= 0.6 is 0 Å². The third-order valence-corrected chi connectivity index (χ3v) is 15.8. The number of ketones is 1. The van der Waals surface area contributed by atoms with Gasteiger partial charge in [-0.25, -0.2) is 13.1 Å². The van der Waals surface area contributed by atoms with Crippen LogP contribution in [0.25, 0.3) is 22.2 Å². The number of aromatic nitrogens is 1. The molecule has 0 radical (unpaired) electrons. The molecule has 0 spiro atoms. The molecule has 2 aliphatic carbocycles. The molecular formula is C45H54N4O6S. The molecule has 9 rings (SSSR count). The highest BCUT2D eigenvalue weighted by molar-refractivity contribution is 7.92. The summed E-state index contributed by atoms with van der Waals surface area (Å²) < 4.78 is 36.4. The van der Waals surface area contributed by atoms with Gasteiger partial charge in [0.2, 0.25) is 10.0 Å². The Labute approximate surface area is 330 Å². The Hall–Kier alpha value is -4.03. The normalized spacial score (nSPS) is 24.2. The average molecular weight is 779 g/mol. The lowest BCUT2D eigenvalue weighted by Crippen LogP contribution is -2.56. The van der Waals surface area contributed by atoms with Crippen molar-refractivity contribution < 1.29 is 27.9 Å². The van der Waals surface area contributed by atoms with Crippen molar-refractivity contribution >= 4 is 32.6 Å². The standard InChI is InChI=1S/C45H54N4O6S/c1-47-27-33-15-16-34(28-47)49(33)40(50)20-14-29-21-24-48-39-25-32(44(52)46-56(53,54)45(22-23-45)43(51)31-11-7-4-8-12-31)13-18-37(39)41(30-9-5-3-6-10-30)42(48)36-19-17-35(55-2)26-38(29)36/h4,7-8,11-13,17-19,25-26,29-30,33-34,40,50H,3,5-6,9-10,14-16,20-24,27-28H2,1-2H3,(H,46,52)/t29?,33?,34?,40-/m1/s1. The Balaban J connectivity index is 1.06. The number of hydrogen-bond donors (Lipinski definition) is 2. The zero-order chi connectivity index (χ0) is 38.8. The van der Waals surface area contributed by atoms with Gasteiger partial charge in [-0.05, 0) is 118 Å². The molecule has 56 heavy (non-hydrogen) atoms. The smallest absolute Gasteiger partial charge is 0.264 e. The predicted octanol–water partition coefficient (Wildman–Crippen LogP) is 7.20. The Kier molecular flexibility index (Phi) is 9.87. The number of rotatable bonds is 11. The number of amides is 1. The first-order chi connectivity index (χ1) is 27.1. The molecule has 11 heteroatoms. The number of aliphatic hydroxyl groups excluding tert-OH is 1. The highest BCUT2D eigenvalue weighted by Crippen LogP contribution is 2.50. The van der Waals surface area contributed by atoms with Crippen LogP contribution in [0.2, 0.25) is 0 Å². The Bertz CT molecular complexity index is 2250. The number of hydrogen-bond acceptors (Lipinski definition) is 8. The molecule has 4 heterocycles. The number of fused-ring (bicyclic) bond motifs is 7. The number of ether oxygens (including phenoxy) is 1. The van der Waals surface area contributed by atoms with Crippen LogP contribution in [0.5, 0.6) is 5.75 Å². The Morgan fingerprint density at radius 3 is 2.34 bits per heavy atom. The number of Topliss-reactive ketones (excluding diaryl/α,β-unsaturated/α-hetero) is 1. The van der Waals surface area contributed by atoms with Crippen LogP contribution in [0.3, 0.4) is 0 Å². The van der Waals surface area contributed by atoms with Crippen LogP contribution in [-0.4, -0.2) is 89.9 Å². The lowest BCUT2D eigenvalue weighted by Gasteiger charge is -2.42. The van der Waals surface area contributed by atoms with Crippen molar-refractivity contribution in [1.82, 2.24) is 19.1 Å². The van der Waals surface area contributed by atoms with Crippen LogP contribution in [-0.2, 0) is 16.6 Å². The summed E-state index contributed by atoms with van der Waals surface area (Å²) in [5.74, 6) is 0.160. The monoisotopic (exact) mass is 778 g/mol. The summed E-state index contributed by atoms with van der Waals surface area (Å²) in [6.07, 6.45) is 10.3. The molecule has 1 aromatic heterocycles. The summed E-state index contributed by atoms with van der Waals surface area (Å²) in [4.78, 5) is 32.1. The van der Waals surface area contributed by atoms with Crippen molar-refractivity contribution in [2.24, 2.45) is 0 Å². The molecular weight excluding hydrogens is 725 g/mol. The van der Waals surface area contributed by atoms with Gasteiger partial charge in [0.1, 0.15) is 12.0 Å². The zero-order valence-corrected chi connectivity index (χ0v) is 33.4. The van der Waals surface area contributed by atoms with E-state index in [9.17, 15) is 23.1 Å². The summed E-state index contributed by atoms with van der Waals surface area (Å²) in [6, 6.07) is 21.3. The fraction of sp³-hybridized carbons (Fsp3) is 0.511. The number of nitrogens with one attached hydrogen (secondary N) is 1. The maximum Gasteiger partial charge on any atom is 0.264 e. The summed E-state index contributed by atoms with van der Waals surface area (Å²) in [6.45, 7) is 2.72. The number of likely N-dealkylation sites (N-methyl/N-ethyl adjacent to an activating group) is 1. The topological polar surface area (TPSA) is 121 Å². The van der Waals surface area contributed by atoms with E-state index in [0.717, 1.165) is 68.3 Å². The van der Waals surface area contributed by atoms with Gasteiger partial charge in [-0.3, -0.25) is 14.5 Å².